The summed E-state index contributed by atoms with van der Waals surface area (Å²) < 4.78 is 31.4. The van der Waals surface area contributed by atoms with Gasteiger partial charge in [0.1, 0.15) is 19.0 Å². The number of alkyl halides is 2. The number of amides is 2. The van der Waals surface area contributed by atoms with E-state index >= 15 is 0 Å². The summed E-state index contributed by atoms with van der Waals surface area (Å²) >= 11 is 0. The zero-order valence-corrected chi connectivity index (χ0v) is 11.2. The molecule has 0 bridgehead atoms. The molecule has 1 N–H and O–H groups in total. The molecule has 2 rings (SSSR count). The second-order valence-electron chi connectivity index (χ2n) is 4.70. The number of halogens is 2. The van der Waals surface area contributed by atoms with Crippen LogP contribution in [0.3, 0.4) is 0 Å². The molecule has 1 aromatic heterocycles. The Morgan fingerprint density at radius 2 is 2.40 bits per heavy atom. The molecule has 110 valence electrons. The Bertz CT molecular complexity index is 472. The second-order valence-corrected chi connectivity index (χ2v) is 4.70. The highest BCUT2D eigenvalue weighted by molar-refractivity contribution is 5.74. The molecule has 0 spiro atoms. The van der Waals surface area contributed by atoms with Crippen molar-refractivity contribution in [2.45, 2.75) is 24.9 Å². The summed E-state index contributed by atoms with van der Waals surface area (Å²) in [5, 5.41) is 2.29. The maximum Gasteiger partial charge on any atom is 0.318 e. The van der Waals surface area contributed by atoms with Crippen LogP contribution in [0, 0.1) is 0 Å². The highest BCUT2D eigenvalue weighted by Gasteiger charge is 2.46. The van der Waals surface area contributed by atoms with Crippen LogP contribution in [0.1, 0.15) is 18.7 Å². The molecule has 2 atom stereocenters. The maximum atomic E-state index is 13.4. The zero-order valence-electron chi connectivity index (χ0n) is 11.2. The fraction of sp³-hybridized carbons (Fsp3) is 0.583. The largest absolute Gasteiger partial charge is 0.373 e. The molecule has 1 aromatic rings. The summed E-state index contributed by atoms with van der Waals surface area (Å²) in [6.45, 7) is 0.906. The number of hydrogen-bond donors (Lipinski definition) is 1. The standard InChI is InChI=1S/C12H16F2N4O2/c1-8(9-3-4-15-7-16-9)18(2)11(19)17-10-5-20-6-12(10,13)14/h3-4,7-8,10H,5-6H2,1-2H3,(H,17,19)/t8-,10+/m0/s1. The van der Waals surface area contributed by atoms with E-state index in [9.17, 15) is 13.6 Å². The molecule has 2 amide bonds. The van der Waals surface area contributed by atoms with Gasteiger partial charge in [0.2, 0.25) is 0 Å². The number of rotatable bonds is 3. The normalized spacial score (nSPS) is 22.3. The van der Waals surface area contributed by atoms with Gasteiger partial charge in [-0.05, 0) is 13.0 Å². The lowest BCUT2D eigenvalue weighted by molar-refractivity contribution is -0.0223. The van der Waals surface area contributed by atoms with Crippen molar-refractivity contribution in [3.05, 3.63) is 24.3 Å². The Labute approximate surface area is 115 Å². The van der Waals surface area contributed by atoms with Crippen molar-refractivity contribution in [1.82, 2.24) is 20.2 Å². The monoisotopic (exact) mass is 286 g/mol. The quantitative estimate of drug-likeness (QED) is 0.907. The Balaban J connectivity index is 1.99. The summed E-state index contributed by atoms with van der Waals surface area (Å²) in [7, 11) is 1.52. The molecule has 0 saturated carbocycles. The number of nitrogens with one attached hydrogen (secondary N) is 1. The lowest BCUT2D eigenvalue weighted by Gasteiger charge is -2.27. The number of hydrogen-bond acceptors (Lipinski definition) is 4. The van der Waals surface area contributed by atoms with Crippen molar-refractivity contribution in [2.24, 2.45) is 0 Å². The first-order chi connectivity index (χ1) is 9.42. The van der Waals surface area contributed by atoms with Crippen molar-refractivity contribution in [3.63, 3.8) is 0 Å². The van der Waals surface area contributed by atoms with Crippen molar-refractivity contribution < 1.29 is 18.3 Å². The topological polar surface area (TPSA) is 67.4 Å². The summed E-state index contributed by atoms with van der Waals surface area (Å²) in [6.07, 6.45) is 2.93. The average molecular weight is 286 g/mol. The molecule has 1 aliphatic heterocycles. The van der Waals surface area contributed by atoms with Gasteiger partial charge in [0.25, 0.3) is 5.92 Å². The van der Waals surface area contributed by atoms with Crippen LogP contribution < -0.4 is 5.32 Å². The molecule has 8 heteroatoms. The van der Waals surface area contributed by atoms with Crippen LogP contribution >= 0.6 is 0 Å². The van der Waals surface area contributed by atoms with Gasteiger partial charge in [0.05, 0.1) is 18.3 Å². The van der Waals surface area contributed by atoms with E-state index in [1.54, 1.807) is 19.2 Å². The van der Waals surface area contributed by atoms with Gasteiger partial charge in [-0.1, -0.05) is 0 Å². The van der Waals surface area contributed by atoms with E-state index in [2.05, 4.69) is 15.3 Å². The van der Waals surface area contributed by atoms with Crippen molar-refractivity contribution in [2.75, 3.05) is 20.3 Å². The van der Waals surface area contributed by atoms with E-state index in [1.165, 1.54) is 18.3 Å². The molecular weight excluding hydrogens is 270 g/mol. The zero-order chi connectivity index (χ0) is 14.8. The first kappa shape index (κ1) is 14.6. The van der Waals surface area contributed by atoms with Crippen molar-refractivity contribution >= 4 is 6.03 Å². The predicted octanol–water partition coefficient (Wildman–Crippen LogP) is 1.21. The Kier molecular flexibility index (Phi) is 4.12. The Morgan fingerprint density at radius 1 is 1.65 bits per heavy atom. The predicted molar refractivity (Wildman–Crippen MR) is 66.3 cm³/mol. The van der Waals surface area contributed by atoms with Gasteiger partial charge in [0, 0.05) is 13.2 Å². The van der Waals surface area contributed by atoms with Gasteiger partial charge in [-0.15, -0.1) is 0 Å². The van der Waals surface area contributed by atoms with E-state index in [0.717, 1.165) is 0 Å². The minimum Gasteiger partial charge on any atom is -0.373 e. The van der Waals surface area contributed by atoms with Crippen LogP contribution in [0.15, 0.2) is 18.6 Å². The van der Waals surface area contributed by atoms with Crippen molar-refractivity contribution in [1.29, 1.82) is 0 Å². The van der Waals surface area contributed by atoms with E-state index in [0.29, 0.717) is 5.69 Å². The lowest BCUT2D eigenvalue weighted by Crippen LogP contribution is -2.51. The number of carbonyl (C=O) groups excluding carboxylic acids is 1. The third kappa shape index (κ3) is 3.01. The molecule has 0 aliphatic carbocycles. The molecule has 0 unspecified atom stereocenters. The van der Waals surface area contributed by atoms with Crippen LogP contribution in [0.25, 0.3) is 0 Å². The first-order valence-corrected chi connectivity index (χ1v) is 6.16. The lowest BCUT2D eigenvalue weighted by atomic mass is 10.2. The number of nitrogens with zero attached hydrogens (tertiary/aromatic N) is 3. The van der Waals surface area contributed by atoms with Crippen LogP contribution in [0.5, 0.6) is 0 Å². The highest BCUT2D eigenvalue weighted by Crippen LogP contribution is 2.25. The molecule has 1 fully saturated rings. The molecule has 1 saturated heterocycles. The van der Waals surface area contributed by atoms with Gasteiger partial charge in [0.15, 0.2) is 0 Å². The van der Waals surface area contributed by atoms with Crippen LogP contribution in [-0.4, -0.2) is 53.1 Å². The van der Waals surface area contributed by atoms with Crippen LogP contribution in [0.2, 0.25) is 0 Å². The summed E-state index contributed by atoms with van der Waals surface area (Å²) in [5.74, 6) is -3.03. The minimum absolute atomic E-state index is 0.186. The molecule has 1 aliphatic rings. The summed E-state index contributed by atoms with van der Waals surface area (Å²) in [5.41, 5.74) is 0.632. The SMILES string of the molecule is C[C@@H](c1ccncn1)N(C)C(=O)N[C@@H]1COCC1(F)F. The smallest absolute Gasteiger partial charge is 0.318 e. The van der Waals surface area contributed by atoms with Crippen LogP contribution in [0.4, 0.5) is 13.6 Å². The van der Waals surface area contributed by atoms with E-state index in [4.69, 9.17) is 4.74 Å². The van der Waals surface area contributed by atoms with E-state index in [-0.39, 0.29) is 12.6 Å². The van der Waals surface area contributed by atoms with Gasteiger partial charge in [-0.2, -0.15) is 0 Å². The number of carbonyl (C=O) groups is 1. The van der Waals surface area contributed by atoms with Crippen LogP contribution in [-0.2, 0) is 4.74 Å². The van der Waals surface area contributed by atoms with Gasteiger partial charge in [-0.25, -0.2) is 23.5 Å². The van der Waals surface area contributed by atoms with E-state index < -0.39 is 24.6 Å². The highest BCUT2D eigenvalue weighted by atomic mass is 19.3. The third-order valence-electron chi connectivity index (χ3n) is 3.32. The fourth-order valence-corrected chi connectivity index (χ4v) is 1.86. The molecule has 6 nitrogen and oxygen atoms in total. The molecule has 2 heterocycles. The third-order valence-corrected chi connectivity index (χ3v) is 3.32. The number of aromatic nitrogens is 2. The maximum absolute atomic E-state index is 13.4. The number of ether oxygens (including phenoxy) is 1. The van der Waals surface area contributed by atoms with Gasteiger partial charge in [-0.3, -0.25) is 0 Å². The molecule has 0 radical (unpaired) electrons. The molecule has 20 heavy (non-hydrogen) atoms. The van der Waals surface area contributed by atoms with E-state index in [1.807, 2.05) is 0 Å². The second kappa shape index (κ2) is 5.66. The molecule has 0 aromatic carbocycles. The summed E-state index contributed by atoms with van der Waals surface area (Å²) in [4.78, 5) is 21.1. The molecular formula is C12H16F2N4O2. The number of urea groups is 1. The first-order valence-electron chi connectivity index (χ1n) is 6.16. The average Bonchev–Trinajstić information content (AvgIpc) is 2.77. The van der Waals surface area contributed by atoms with Gasteiger partial charge >= 0.3 is 6.03 Å². The Morgan fingerprint density at radius 3 is 2.95 bits per heavy atom. The summed E-state index contributed by atoms with van der Waals surface area (Å²) in [6, 6.07) is -0.572. The Hall–Kier alpha value is -1.83. The van der Waals surface area contributed by atoms with Crippen molar-refractivity contribution in [3.8, 4) is 0 Å². The fourth-order valence-electron chi connectivity index (χ4n) is 1.86. The minimum atomic E-state index is -3.03. The van der Waals surface area contributed by atoms with Gasteiger partial charge < -0.3 is 15.0 Å².